The van der Waals surface area contributed by atoms with Crippen LogP contribution in [0.3, 0.4) is 0 Å². The molecule has 7 nitrogen and oxygen atoms in total. The highest BCUT2D eigenvalue weighted by atomic mass is 35.5. The molecule has 1 saturated heterocycles. The SMILES string of the molecule is Cl.S=c1oc(-c2ccc3c(c2)OCO3)nn1CN1CCN(Cc2ccccc2)CC1. The van der Waals surface area contributed by atoms with Gasteiger partial charge in [-0.2, -0.15) is 0 Å². The van der Waals surface area contributed by atoms with E-state index in [-0.39, 0.29) is 19.2 Å². The summed E-state index contributed by atoms with van der Waals surface area (Å²) in [5.41, 5.74) is 2.18. The van der Waals surface area contributed by atoms with E-state index in [2.05, 4.69) is 45.2 Å². The predicted octanol–water partition coefficient (Wildman–Crippen LogP) is 3.80. The van der Waals surface area contributed by atoms with Gasteiger partial charge in [0.1, 0.15) is 0 Å². The van der Waals surface area contributed by atoms with Crippen molar-refractivity contribution in [3.05, 3.63) is 58.9 Å². The van der Waals surface area contributed by atoms with Gasteiger partial charge in [0.25, 0.3) is 4.84 Å². The summed E-state index contributed by atoms with van der Waals surface area (Å²) in [7, 11) is 0. The van der Waals surface area contributed by atoms with Crippen LogP contribution in [0.1, 0.15) is 5.56 Å². The summed E-state index contributed by atoms with van der Waals surface area (Å²) >= 11 is 5.39. The molecule has 0 spiro atoms. The zero-order valence-corrected chi connectivity index (χ0v) is 18.0. The smallest absolute Gasteiger partial charge is 0.288 e. The van der Waals surface area contributed by atoms with Crippen LogP contribution in [0, 0.1) is 4.84 Å². The first kappa shape index (κ1) is 20.9. The molecule has 30 heavy (non-hydrogen) atoms. The Balaban J connectivity index is 0.00000218. The fraction of sp³-hybridized carbons (Fsp3) is 0.333. The highest BCUT2D eigenvalue weighted by molar-refractivity contribution is 7.71. The highest BCUT2D eigenvalue weighted by Gasteiger charge is 2.20. The van der Waals surface area contributed by atoms with Gasteiger partial charge in [-0.15, -0.1) is 17.5 Å². The lowest BCUT2D eigenvalue weighted by atomic mass is 10.2. The molecule has 0 saturated carbocycles. The van der Waals surface area contributed by atoms with Crippen LogP contribution < -0.4 is 9.47 Å². The predicted molar refractivity (Wildman–Crippen MR) is 117 cm³/mol. The van der Waals surface area contributed by atoms with Crippen LogP contribution in [-0.4, -0.2) is 52.6 Å². The monoisotopic (exact) mass is 446 g/mol. The van der Waals surface area contributed by atoms with Gasteiger partial charge < -0.3 is 13.9 Å². The molecular weight excluding hydrogens is 424 g/mol. The Morgan fingerprint density at radius 3 is 2.43 bits per heavy atom. The Kier molecular flexibility index (Phi) is 6.38. The molecule has 1 aromatic heterocycles. The van der Waals surface area contributed by atoms with Crippen molar-refractivity contribution in [2.24, 2.45) is 0 Å². The quantitative estimate of drug-likeness (QED) is 0.552. The fourth-order valence-corrected chi connectivity index (χ4v) is 3.84. The largest absolute Gasteiger partial charge is 0.454 e. The number of halogens is 1. The van der Waals surface area contributed by atoms with Gasteiger partial charge in [0, 0.05) is 38.3 Å². The second kappa shape index (κ2) is 9.18. The lowest BCUT2D eigenvalue weighted by Gasteiger charge is -2.34. The zero-order chi connectivity index (χ0) is 19.6. The third kappa shape index (κ3) is 4.52. The normalized spacial score (nSPS) is 16.4. The molecule has 158 valence electrons. The van der Waals surface area contributed by atoms with Crippen LogP contribution >= 0.6 is 24.6 Å². The van der Waals surface area contributed by atoms with Crippen LogP contribution in [0.5, 0.6) is 11.5 Å². The Labute approximate surface area is 186 Å². The molecule has 3 aromatic rings. The molecule has 0 N–H and O–H groups in total. The standard InChI is InChI=1S/C21H22N4O3S.ClH/c29-21-25(22-20(28-21)17-6-7-18-19(12-17)27-15-26-18)14-24-10-8-23(9-11-24)13-16-4-2-1-3-5-16;/h1-7,12H,8-11,13-15H2;1H. The van der Waals surface area contributed by atoms with Crippen molar-refractivity contribution in [3.63, 3.8) is 0 Å². The van der Waals surface area contributed by atoms with Gasteiger partial charge in [-0.05, 0) is 36.0 Å². The maximum absolute atomic E-state index is 5.74. The van der Waals surface area contributed by atoms with Crippen LogP contribution in [0.15, 0.2) is 52.9 Å². The maximum atomic E-state index is 5.74. The van der Waals surface area contributed by atoms with E-state index < -0.39 is 0 Å². The molecule has 1 fully saturated rings. The summed E-state index contributed by atoms with van der Waals surface area (Å²) in [6.45, 7) is 5.86. The van der Waals surface area contributed by atoms with E-state index in [0.717, 1.165) is 44.0 Å². The minimum Gasteiger partial charge on any atom is -0.454 e. The molecule has 0 unspecified atom stereocenters. The van der Waals surface area contributed by atoms with Crippen molar-refractivity contribution in [1.29, 1.82) is 0 Å². The van der Waals surface area contributed by atoms with Crippen LogP contribution in [0.25, 0.3) is 11.5 Å². The number of hydrogen-bond acceptors (Lipinski definition) is 7. The summed E-state index contributed by atoms with van der Waals surface area (Å²) < 4.78 is 18.3. The molecule has 0 amide bonds. The van der Waals surface area contributed by atoms with Gasteiger partial charge in [0.15, 0.2) is 11.5 Å². The Morgan fingerprint density at radius 2 is 1.63 bits per heavy atom. The molecule has 0 bridgehead atoms. The summed E-state index contributed by atoms with van der Waals surface area (Å²) in [5, 5.41) is 4.58. The average molecular weight is 447 g/mol. The Morgan fingerprint density at radius 1 is 0.900 bits per heavy atom. The van der Waals surface area contributed by atoms with Crippen molar-refractivity contribution >= 4 is 24.6 Å². The van der Waals surface area contributed by atoms with Gasteiger partial charge in [-0.3, -0.25) is 9.80 Å². The highest BCUT2D eigenvalue weighted by Crippen LogP contribution is 2.35. The number of piperazine rings is 1. The van der Waals surface area contributed by atoms with Crippen molar-refractivity contribution < 1.29 is 13.9 Å². The lowest BCUT2D eigenvalue weighted by molar-refractivity contribution is 0.0974. The van der Waals surface area contributed by atoms with Crippen molar-refractivity contribution in [1.82, 2.24) is 19.6 Å². The van der Waals surface area contributed by atoms with Crippen LogP contribution in [0.2, 0.25) is 0 Å². The molecule has 2 aliphatic heterocycles. The van der Waals surface area contributed by atoms with Gasteiger partial charge in [-0.1, -0.05) is 30.3 Å². The van der Waals surface area contributed by atoms with E-state index in [1.165, 1.54) is 5.56 Å². The van der Waals surface area contributed by atoms with E-state index in [1.54, 1.807) is 4.68 Å². The van der Waals surface area contributed by atoms with E-state index in [4.69, 9.17) is 26.1 Å². The fourth-order valence-electron chi connectivity index (χ4n) is 3.66. The third-order valence-corrected chi connectivity index (χ3v) is 5.57. The summed E-state index contributed by atoms with van der Waals surface area (Å²) in [4.78, 5) is 5.21. The van der Waals surface area contributed by atoms with Gasteiger partial charge >= 0.3 is 0 Å². The molecular formula is C21H23ClN4O3S. The van der Waals surface area contributed by atoms with E-state index in [0.29, 0.717) is 23.1 Å². The summed E-state index contributed by atoms with van der Waals surface area (Å²) in [6.07, 6.45) is 0. The molecule has 2 aromatic carbocycles. The van der Waals surface area contributed by atoms with Crippen molar-refractivity contribution in [3.8, 4) is 23.0 Å². The zero-order valence-electron chi connectivity index (χ0n) is 16.4. The summed E-state index contributed by atoms with van der Waals surface area (Å²) in [6, 6.07) is 16.2. The van der Waals surface area contributed by atoms with Gasteiger partial charge in [0.2, 0.25) is 12.7 Å². The molecule has 2 aliphatic rings. The van der Waals surface area contributed by atoms with Crippen molar-refractivity contribution in [2.75, 3.05) is 33.0 Å². The summed E-state index contributed by atoms with van der Waals surface area (Å²) in [5.74, 6) is 1.93. The first-order chi connectivity index (χ1) is 14.2. The number of aromatic nitrogens is 2. The molecule has 0 atom stereocenters. The number of ether oxygens (including phenoxy) is 2. The van der Waals surface area contributed by atoms with E-state index in [9.17, 15) is 0 Å². The Bertz CT molecular complexity index is 1050. The molecule has 3 heterocycles. The topological polar surface area (TPSA) is 55.9 Å². The second-order valence-corrected chi connectivity index (χ2v) is 7.61. The van der Waals surface area contributed by atoms with Gasteiger partial charge in [-0.25, -0.2) is 4.68 Å². The van der Waals surface area contributed by atoms with Crippen molar-refractivity contribution in [2.45, 2.75) is 13.2 Å². The van der Waals surface area contributed by atoms with E-state index in [1.807, 2.05) is 18.2 Å². The minimum atomic E-state index is 0. The number of rotatable bonds is 5. The first-order valence-electron chi connectivity index (χ1n) is 9.71. The lowest BCUT2D eigenvalue weighted by Crippen LogP contribution is -2.46. The number of benzene rings is 2. The maximum Gasteiger partial charge on any atom is 0.288 e. The van der Waals surface area contributed by atoms with Crippen LogP contribution in [-0.2, 0) is 13.2 Å². The molecule has 9 heteroatoms. The molecule has 5 rings (SSSR count). The van der Waals surface area contributed by atoms with E-state index >= 15 is 0 Å². The second-order valence-electron chi connectivity index (χ2n) is 7.26. The van der Waals surface area contributed by atoms with Crippen LogP contribution in [0.4, 0.5) is 0 Å². The number of fused-ring (bicyclic) bond motifs is 1. The minimum absolute atomic E-state index is 0. The average Bonchev–Trinajstić information content (AvgIpc) is 3.36. The number of nitrogens with zero attached hydrogens (tertiary/aromatic N) is 4. The first-order valence-corrected chi connectivity index (χ1v) is 10.1. The third-order valence-electron chi connectivity index (χ3n) is 5.27. The number of hydrogen-bond donors (Lipinski definition) is 0. The molecule has 0 aliphatic carbocycles. The Hall–Kier alpha value is -2.39. The molecule has 0 radical (unpaired) electrons. The van der Waals surface area contributed by atoms with Gasteiger partial charge in [0.05, 0.1) is 6.67 Å².